The first-order valence-corrected chi connectivity index (χ1v) is 8.69. The fraction of sp³-hybridized carbons (Fsp3) is 0.150. The lowest BCUT2D eigenvalue weighted by Gasteiger charge is -2.19. The molecule has 0 radical (unpaired) electrons. The van der Waals surface area contributed by atoms with Crippen LogP contribution in [-0.4, -0.2) is 26.0 Å². The van der Waals surface area contributed by atoms with Crippen molar-refractivity contribution in [3.05, 3.63) is 53.2 Å². The summed E-state index contributed by atoms with van der Waals surface area (Å²) in [5.74, 6) is -0.594. The zero-order chi connectivity index (χ0) is 21.6. The van der Waals surface area contributed by atoms with E-state index in [0.29, 0.717) is 33.6 Å². The summed E-state index contributed by atoms with van der Waals surface area (Å²) in [7, 11) is 2.90. The molecule has 2 rings (SSSR count). The van der Waals surface area contributed by atoms with E-state index in [4.69, 9.17) is 26.8 Å². The van der Waals surface area contributed by atoms with Crippen molar-refractivity contribution in [2.75, 3.05) is 30.2 Å². The van der Waals surface area contributed by atoms with Crippen LogP contribution >= 0.6 is 11.6 Å². The van der Waals surface area contributed by atoms with Crippen molar-refractivity contribution in [2.24, 2.45) is 0 Å². The zero-order valence-corrected chi connectivity index (χ0v) is 16.8. The van der Waals surface area contributed by atoms with Gasteiger partial charge in [0.25, 0.3) is 5.91 Å². The van der Waals surface area contributed by atoms with Crippen LogP contribution in [0.1, 0.15) is 6.92 Å². The molecule has 0 saturated heterocycles. The number of nitrogens with zero attached hydrogens (tertiary/aromatic N) is 2. The topological polar surface area (TPSA) is 118 Å². The van der Waals surface area contributed by atoms with Crippen molar-refractivity contribution in [1.82, 2.24) is 0 Å². The Hall–Kier alpha value is -3.70. The summed E-state index contributed by atoms with van der Waals surface area (Å²) in [5.41, 5.74) is 6.53. The predicted octanol–water partition coefficient (Wildman–Crippen LogP) is 3.34. The summed E-state index contributed by atoms with van der Waals surface area (Å²) in [5, 5.41) is 12.6. The Bertz CT molecular complexity index is 997. The molecule has 150 valence electrons. The van der Waals surface area contributed by atoms with Gasteiger partial charge >= 0.3 is 0 Å². The second kappa shape index (κ2) is 9.48. The Balaban J connectivity index is 2.38. The van der Waals surface area contributed by atoms with E-state index >= 15 is 0 Å². The third kappa shape index (κ3) is 4.97. The van der Waals surface area contributed by atoms with Gasteiger partial charge < -0.3 is 20.5 Å². The molecule has 3 N–H and O–H groups in total. The number of anilines is 3. The quantitative estimate of drug-likeness (QED) is 0.422. The van der Waals surface area contributed by atoms with Crippen LogP contribution in [0.2, 0.25) is 5.02 Å². The van der Waals surface area contributed by atoms with E-state index in [1.807, 2.05) is 0 Å². The molecule has 0 heterocycles. The maximum absolute atomic E-state index is 12.8. The number of nitrogens with two attached hydrogens (primary N) is 1. The van der Waals surface area contributed by atoms with Crippen LogP contribution in [0.5, 0.6) is 11.5 Å². The lowest BCUT2D eigenvalue weighted by Crippen LogP contribution is -2.36. The van der Waals surface area contributed by atoms with Crippen LogP contribution in [0.25, 0.3) is 0 Å². The third-order valence-corrected chi connectivity index (χ3v) is 4.16. The van der Waals surface area contributed by atoms with Crippen LogP contribution in [0.15, 0.2) is 48.2 Å². The van der Waals surface area contributed by atoms with Crippen LogP contribution in [-0.2, 0) is 9.59 Å². The van der Waals surface area contributed by atoms with E-state index in [2.05, 4.69) is 5.32 Å². The number of benzene rings is 2. The SMILES string of the molecule is COc1cc(N/C=C(/C#N)C(=O)N(C(C)=O)c2ccc(N)cc2)c(OC)cc1Cl. The van der Waals surface area contributed by atoms with Crippen molar-refractivity contribution in [3.8, 4) is 17.6 Å². The predicted molar refractivity (Wildman–Crippen MR) is 111 cm³/mol. The minimum absolute atomic E-state index is 0.295. The number of methoxy groups -OCH3 is 2. The summed E-state index contributed by atoms with van der Waals surface area (Å²) in [6.45, 7) is 1.23. The molecule has 2 aromatic carbocycles. The van der Waals surface area contributed by atoms with E-state index in [0.717, 1.165) is 4.90 Å². The van der Waals surface area contributed by atoms with Gasteiger partial charge in [-0.25, -0.2) is 4.90 Å². The molecule has 0 fully saturated rings. The molecule has 0 aliphatic heterocycles. The largest absolute Gasteiger partial charge is 0.495 e. The molecule has 0 spiro atoms. The molecular weight excluding hydrogens is 396 g/mol. The van der Waals surface area contributed by atoms with Crippen LogP contribution in [0.3, 0.4) is 0 Å². The number of hydrogen-bond donors (Lipinski definition) is 2. The van der Waals surface area contributed by atoms with Gasteiger partial charge in [0.1, 0.15) is 23.1 Å². The highest BCUT2D eigenvalue weighted by atomic mass is 35.5. The Morgan fingerprint density at radius 3 is 2.31 bits per heavy atom. The normalized spacial score (nSPS) is 10.7. The fourth-order valence-electron chi connectivity index (χ4n) is 2.45. The second-order valence-electron chi connectivity index (χ2n) is 5.75. The Morgan fingerprint density at radius 2 is 1.79 bits per heavy atom. The molecule has 0 aliphatic carbocycles. The van der Waals surface area contributed by atoms with Gasteiger partial charge in [-0.3, -0.25) is 9.59 Å². The molecular formula is C20H19ClN4O4. The van der Waals surface area contributed by atoms with E-state index < -0.39 is 11.8 Å². The van der Waals surface area contributed by atoms with Crippen molar-refractivity contribution in [2.45, 2.75) is 6.92 Å². The number of carbonyl (C=O) groups is 2. The number of rotatable bonds is 6. The summed E-state index contributed by atoms with van der Waals surface area (Å²) in [4.78, 5) is 25.8. The maximum Gasteiger partial charge on any atom is 0.277 e. The van der Waals surface area contributed by atoms with Gasteiger partial charge in [-0.05, 0) is 24.3 Å². The molecule has 0 saturated carbocycles. The molecule has 2 aromatic rings. The van der Waals surface area contributed by atoms with Gasteiger partial charge in [0.15, 0.2) is 0 Å². The summed E-state index contributed by atoms with van der Waals surface area (Å²) in [6, 6.07) is 11.0. The van der Waals surface area contributed by atoms with Gasteiger partial charge in [-0.2, -0.15) is 5.26 Å². The first-order chi connectivity index (χ1) is 13.8. The standard InChI is InChI=1S/C20H19ClN4O4/c1-12(26)25(15-6-4-14(23)5-7-15)20(27)13(10-22)11-24-17-9-18(28-2)16(21)8-19(17)29-3/h4-9,11,24H,23H2,1-3H3/b13-11-. The Morgan fingerprint density at radius 1 is 1.17 bits per heavy atom. The van der Waals surface area contributed by atoms with Gasteiger partial charge in [0.2, 0.25) is 5.91 Å². The summed E-state index contributed by atoms with van der Waals surface area (Å²) in [6.07, 6.45) is 1.18. The maximum atomic E-state index is 12.8. The number of carbonyl (C=O) groups excluding carboxylic acids is 2. The Kier molecular flexibility index (Phi) is 7.06. The third-order valence-electron chi connectivity index (χ3n) is 3.87. The van der Waals surface area contributed by atoms with Crippen LogP contribution in [0, 0.1) is 11.3 Å². The van der Waals surface area contributed by atoms with Crippen molar-refractivity contribution in [1.29, 1.82) is 5.26 Å². The average Bonchev–Trinajstić information content (AvgIpc) is 2.70. The number of nitrogens with one attached hydrogen (secondary N) is 1. The number of halogens is 1. The minimum Gasteiger partial charge on any atom is -0.495 e. The number of imide groups is 1. The van der Waals surface area contributed by atoms with Gasteiger partial charge in [0.05, 0.1) is 30.6 Å². The smallest absolute Gasteiger partial charge is 0.277 e. The molecule has 9 heteroatoms. The van der Waals surface area contributed by atoms with E-state index in [1.54, 1.807) is 24.3 Å². The van der Waals surface area contributed by atoms with Crippen LogP contribution in [0.4, 0.5) is 17.1 Å². The van der Waals surface area contributed by atoms with Crippen molar-refractivity contribution >= 4 is 40.5 Å². The minimum atomic E-state index is -0.794. The monoisotopic (exact) mass is 414 g/mol. The van der Waals surface area contributed by atoms with E-state index in [1.165, 1.54) is 45.5 Å². The molecule has 2 amide bonds. The zero-order valence-electron chi connectivity index (χ0n) is 16.0. The lowest BCUT2D eigenvalue weighted by molar-refractivity contribution is -0.123. The lowest BCUT2D eigenvalue weighted by atomic mass is 10.2. The highest BCUT2D eigenvalue weighted by Crippen LogP contribution is 2.36. The second-order valence-corrected chi connectivity index (χ2v) is 6.16. The molecule has 8 nitrogen and oxygen atoms in total. The molecule has 29 heavy (non-hydrogen) atoms. The number of amides is 2. The first-order valence-electron chi connectivity index (χ1n) is 8.31. The number of hydrogen-bond acceptors (Lipinski definition) is 7. The van der Waals surface area contributed by atoms with Crippen molar-refractivity contribution < 1.29 is 19.1 Å². The van der Waals surface area contributed by atoms with Crippen molar-refractivity contribution in [3.63, 3.8) is 0 Å². The van der Waals surface area contributed by atoms with Gasteiger partial charge in [0, 0.05) is 30.9 Å². The molecule has 0 unspecified atom stereocenters. The summed E-state index contributed by atoms with van der Waals surface area (Å²) >= 11 is 6.07. The molecule has 0 bridgehead atoms. The highest BCUT2D eigenvalue weighted by Gasteiger charge is 2.24. The number of ether oxygens (including phenoxy) is 2. The average molecular weight is 415 g/mol. The number of nitrogen functional groups attached to an aromatic ring is 1. The van der Waals surface area contributed by atoms with Gasteiger partial charge in [-0.1, -0.05) is 11.6 Å². The molecule has 0 aliphatic rings. The van der Waals surface area contributed by atoms with E-state index in [-0.39, 0.29) is 5.57 Å². The fourth-order valence-corrected chi connectivity index (χ4v) is 2.68. The molecule has 0 aromatic heterocycles. The van der Waals surface area contributed by atoms with Gasteiger partial charge in [-0.15, -0.1) is 0 Å². The summed E-state index contributed by atoms with van der Waals surface area (Å²) < 4.78 is 10.4. The highest BCUT2D eigenvalue weighted by molar-refractivity contribution is 6.32. The van der Waals surface area contributed by atoms with Crippen LogP contribution < -0.4 is 25.4 Å². The molecule has 0 atom stereocenters. The van der Waals surface area contributed by atoms with E-state index in [9.17, 15) is 14.9 Å². The number of nitriles is 1. The Labute approximate surface area is 173 Å². The first kappa shape index (κ1) is 21.6.